The molecule has 3 nitrogen and oxygen atoms in total. The van der Waals surface area contributed by atoms with E-state index < -0.39 is 0 Å². The SMILES string of the molecule is CCc1cc(N2CCN(CC)CC2)cc(Cl)c1N. The molecule has 2 N–H and O–H groups in total. The van der Waals surface area contributed by atoms with Gasteiger partial charge in [0.1, 0.15) is 0 Å². The second kappa shape index (κ2) is 5.81. The maximum Gasteiger partial charge on any atom is 0.0658 e. The number of benzene rings is 1. The summed E-state index contributed by atoms with van der Waals surface area (Å²) in [5.74, 6) is 0. The Labute approximate surface area is 115 Å². The van der Waals surface area contributed by atoms with Crippen LogP contribution in [0.2, 0.25) is 5.02 Å². The van der Waals surface area contributed by atoms with Crippen molar-refractivity contribution in [1.29, 1.82) is 0 Å². The molecule has 0 unspecified atom stereocenters. The molecule has 1 saturated heterocycles. The van der Waals surface area contributed by atoms with E-state index in [9.17, 15) is 0 Å². The minimum absolute atomic E-state index is 0.683. The maximum absolute atomic E-state index is 6.21. The molecule has 1 aromatic rings. The van der Waals surface area contributed by atoms with Gasteiger partial charge >= 0.3 is 0 Å². The molecule has 0 radical (unpaired) electrons. The van der Waals surface area contributed by atoms with Gasteiger partial charge in [0, 0.05) is 31.9 Å². The van der Waals surface area contributed by atoms with Crippen molar-refractivity contribution in [2.24, 2.45) is 0 Å². The summed E-state index contributed by atoms with van der Waals surface area (Å²) < 4.78 is 0. The highest BCUT2D eigenvalue weighted by Gasteiger charge is 2.17. The summed E-state index contributed by atoms with van der Waals surface area (Å²) in [6, 6.07) is 4.18. The molecule has 2 rings (SSSR count). The summed E-state index contributed by atoms with van der Waals surface area (Å²) in [6.45, 7) is 9.84. The van der Waals surface area contributed by atoms with Crippen LogP contribution in [0.25, 0.3) is 0 Å². The van der Waals surface area contributed by atoms with Crippen molar-refractivity contribution < 1.29 is 0 Å². The molecule has 1 heterocycles. The average Bonchev–Trinajstić information content (AvgIpc) is 2.42. The van der Waals surface area contributed by atoms with Crippen LogP contribution in [-0.4, -0.2) is 37.6 Å². The summed E-state index contributed by atoms with van der Waals surface area (Å²) in [6.07, 6.45) is 0.925. The molecule has 0 spiro atoms. The van der Waals surface area contributed by atoms with Crippen molar-refractivity contribution >= 4 is 23.0 Å². The van der Waals surface area contributed by atoms with Crippen LogP contribution >= 0.6 is 11.6 Å². The van der Waals surface area contributed by atoms with Gasteiger partial charge < -0.3 is 15.5 Å². The van der Waals surface area contributed by atoms with Gasteiger partial charge in [0.15, 0.2) is 0 Å². The summed E-state index contributed by atoms with van der Waals surface area (Å²) in [5, 5.41) is 0.683. The van der Waals surface area contributed by atoms with Crippen LogP contribution in [0, 0.1) is 0 Å². The summed E-state index contributed by atoms with van der Waals surface area (Å²) >= 11 is 6.21. The number of hydrogen-bond donors (Lipinski definition) is 1. The number of hydrogen-bond acceptors (Lipinski definition) is 3. The molecule has 0 aromatic heterocycles. The third-order valence-electron chi connectivity index (χ3n) is 3.77. The zero-order valence-corrected chi connectivity index (χ0v) is 12.0. The smallest absolute Gasteiger partial charge is 0.0658 e. The molecular formula is C14H22ClN3. The van der Waals surface area contributed by atoms with Crippen molar-refractivity contribution in [3.8, 4) is 0 Å². The van der Waals surface area contributed by atoms with E-state index in [1.807, 2.05) is 6.07 Å². The monoisotopic (exact) mass is 267 g/mol. The Kier molecular flexibility index (Phi) is 4.36. The number of nitrogens with zero attached hydrogens (tertiary/aromatic N) is 2. The number of rotatable bonds is 3. The highest BCUT2D eigenvalue weighted by atomic mass is 35.5. The van der Waals surface area contributed by atoms with E-state index in [0.717, 1.165) is 50.4 Å². The van der Waals surface area contributed by atoms with Gasteiger partial charge in [0.25, 0.3) is 0 Å². The van der Waals surface area contributed by atoms with Gasteiger partial charge in [-0.05, 0) is 30.7 Å². The van der Waals surface area contributed by atoms with Crippen LogP contribution in [0.4, 0.5) is 11.4 Å². The second-order valence-corrected chi connectivity index (χ2v) is 5.18. The topological polar surface area (TPSA) is 32.5 Å². The summed E-state index contributed by atoms with van der Waals surface area (Å²) in [7, 11) is 0. The van der Waals surface area contributed by atoms with Gasteiger partial charge in [-0.25, -0.2) is 0 Å². The van der Waals surface area contributed by atoms with Crippen LogP contribution in [0.5, 0.6) is 0 Å². The van der Waals surface area contributed by atoms with Gasteiger partial charge in [0.05, 0.1) is 10.7 Å². The van der Waals surface area contributed by atoms with E-state index in [1.54, 1.807) is 0 Å². The molecule has 0 saturated carbocycles. The van der Waals surface area contributed by atoms with Gasteiger partial charge in [-0.3, -0.25) is 0 Å². The number of nitrogen functional groups attached to an aromatic ring is 1. The number of nitrogens with two attached hydrogens (primary N) is 1. The molecule has 0 bridgehead atoms. The van der Waals surface area contributed by atoms with Gasteiger partial charge in [0.2, 0.25) is 0 Å². The lowest BCUT2D eigenvalue weighted by molar-refractivity contribution is 0.271. The fraction of sp³-hybridized carbons (Fsp3) is 0.571. The van der Waals surface area contributed by atoms with E-state index in [0.29, 0.717) is 5.02 Å². The van der Waals surface area contributed by atoms with Crippen LogP contribution < -0.4 is 10.6 Å². The Balaban J connectivity index is 2.17. The second-order valence-electron chi connectivity index (χ2n) is 4.78. The quantitative estimate of drug-likeness (QED) is 0.855. The van der Waals surface area contributed by atoms with Gasteiger partial charge in [-0.15, -0.1) is 0 Å². The molecule has 1 fully saturated rings. The minimum atomic E-state index is 0.683. The largest absolute Gasteiger partial charge is 0.397 e. The highest BCUT2D eigenvalue weighted by molar-refractivity contribution is 6.33. The fourth-order valence-electron chi connectivity index (χ4n) is 2.46. The average molecular weight is 268 g/mol. The predicted molar refractivity (Wildman–Crippen MR) is 79.6 cm³/mol. The van der Waals surface area contributed by atoms with E-state index in [4.69, 9.17) is 17.3 Å². The molecule has 100 valence electrons. The first-order valence-corrected chi connectivity index (χ1v) is 7.08. The Morgan fingerprint density at radius 3 is 2.39 bits per heavy atom. The molecule has 0 atom stereocenters. The Hall–Kier alpha value is -0.930. The maximum atomic E-state index is 6.21. The molecule has 1 aromatic carbocycles. The minimum Gasteiger partial charge on any atom is -0.397 e. The number of anilines is 2. The van der Waals surface area contributed by atoms with Crippen molar-refractivity contribution in [1.82, 2.24) is 4.90 Å². The highest BCUT2D eigenvalue weighted by Crippen LogP contribution is 2.30. The first-order valence-electron chi connectivity index (χ1n) is 6.70. The van der Waals surface area contributed by atoms with E-state index in [2.05, 4.69) is 29.7 Å². The third-order valence-corrected chi connectivity index (χ3v) is 4.08. The van der Waals surface area contributed by atoms with Crippen LogP contribution in [0.3, 0.4) is 0 Å². The first-order chi connectivity index (χ1) is 8.65. The zero-order valence-electron chi connectivity index (χ0n) is 11.2. The fourth-order valence-corrected chi connectivity index (χ4v) is 2.69. The first kappa shape index (κ1) is 13.5. The zero-order chi connectivity index (χ0) is 13.1. The molecule has 18 heavy (non-hydrogen) atoms. The van der Waals surface area contributed by atoms with Gasteiger partial charge in [-0.2, -0.15) is 0 Å². The van der Waals surface area contributed by atoms with E-state index >= 15 is 0 Å². The predicted octanol–water partition coefficient (Wildman–Crippen LogP) is 2.63. The normalized spacial score (nSPS) is 17.2. The number of likely N-dealkylation sites (N-methyl/N-ethyl adjacent to an activating group) is 1. The summed E-state index contributed by atoms with van der Waals surface area (Å²) in [5.41, 5.74) is 9.07. The Bertz CT molecular complexity index is 412. The lowest BCUT2D eigenvalue weighted by Crippen LogP contribution is -2.46. The lowest BCUT2D eigenvalue weighted by atomic mass is 10.1. The number of piperazine rings is 1. The summed E-state index contributed by atoms with van der Waals surface area (Å²) in [4.78, 5) is 4.87. The lowest BCUT2D eigenvalue weighted by Gasteiger charge is -2.35. The Morgan fingerprint density at radius 2 is 1.83 bits per heavy atom. The number of halogens is 1. The number of aryl methyl sites for hydroxylation is 1. The van der Waals surface area contributed by atoms with Crippen molar-refractivity contribution in [3.63, 3.8) is 0 Å². The van der Waals surface area contributed by atoms with Crippen LogP contribution in [-0.2, 0) is 6.42 Å². The van der Waals surface area contributed by atoms with Crippen LogP contribution in [0.15, 0.2) is 12.1 Å². The van der Waals surface area contributed by atoms with E-state index in [-0.39, 0.29) is 0 Å². The van der Waals surface area contributed by atoms with E-state index in [1.165, 1.54) is 5.69 Å². The molecule has 0 amide bonds. The molecular weight excluding hydrogens is 246 g/mol. The van der Waals surface area contributed by atoms with Crippen LogP contribution in [0.1, 0.15) is 19.4 Å². The molecule has 1 aliphatic heterocycles. The molecule has 1 aliphatic rings. The Morgan fingerprint density at radius 1 is 1.17 bits per heavy atom. The van der Waals surface area contributed by atoms with Crippen molar-refractivity contribution in [2.75, 3.05) is 43.4 Å². The van der Waals surface area contributed by atoms with Crippen molar-refractivity contribution in [3.05, 3.63) is 22.7 Å². The molecule has 0 aliphatic carbocycles. The third kappa shape index (κ3) is 2.73. The van der Waals surface area contributed by atoms with Crippen molar-refractivity contribution in [2.45, 2.75) is 20.3 Å². The molecule has 4 heteroatoms. The van der Waals surface area contributed by atoms with Gasteiger partial charge in [-0.1, -0.05) is 25.4 Å². The standard InChI is InChI=1S/C14H22ClN3/c1-3-11-9-12(10-13(15)14(11)16)18-7-5-17(4-2)6-8-18/h9-10H,3-8,16H2,1-2H3.